The summed E-state index contributed by atoms with van der Waals surface area (Å²) in [4.78, 5) is 24.3. The van der Waals surface area contributed by atoms with Gasteiger partial charge in [-0.25, -0.2) is 0 Å². The van der Waals surface area contributed by atoms with Gasteiger partial charge in [-0.05, 0) is 51.4 Å². The second-order valence-corrected chi connectivity index (χ2v) is 16.8. The zero-order valence-electron chi connectivity index (χ0n) is 37.4. The molecule has 0 bridgehead atoms. The number of hydrogen-bond acceptors (Lipinski definition) is 5. The summed E-state index contributed by atoms with van der Waals surface area (Å²) in [6.07, 6.45) is 53.1. The number of hydrogen-bond donors (Lipinski definition) is 3. The standard InChI is InChI=1S/C50H95NO5/c1-3-5-7-9-11-13-15-23-26-30-34-38-42-48(53)47(46-52)51-49(54)43-39-35-31-27-24-20-18-16-17-19-21-25-29-33-37-41-45-56-50(55)44-40-36-32-28-22-14-12-10-8-6-4-2/h10,12,38,42,47-48,52-53H,3-9,11,13-37,39-41,43-46H2,1-2H3,(H,51,54)/b12-10-,42-38+. The molecular formula is C50H95NO5. The molecule has 2 unspecified atom stereocenters. The zero-order valence-corrected chi connectivity index (χ0v) is 37.4. The largest absolute Gasteiger partial charge is 0.466 e. The molecule has 0 saturated carbocycles. The molecule has 0 aromatic heterocycles. The summed E-state index contributed by atoms with van der Waals surface area (Å²) < 4.78 is 5.44. The average Bonchev–Trinajstić information content (AvgIpc) is 3.20. The number of rotatable bonds is 45. The van der Waals surface area contributed by atoms with E-state index >= 15 is 0 Å². The van der Waals surface area contributed by atoms with E-state index in [0.717, 1.165) is 44.9 Å². The van der Waals surface area contributed by atoms with Crippen LogP contribution in [0, 0.1) is 0 Å². The number of amides is 1. The predicted molar refractivity (Wildman–Crippen MR) is 241 cm³/mol. The van der Waals surface area contributed by atoms with E-state index in [0.29, 0.717) is 19.4 Å². The molecule has 0 saturated heterocycles. The van der Waals surface area contributed by atoms with Crippen LogP contribution in [0.3, 0.4) is 0 Å². The smallest absolute Gasteiger partial charge is 0.305 e. The third kappa shape index (κ3) is 42.0. The van der Waals surface area contributed by atoms with Crippen molar-refractivity contribution in [1.82, 2.24) is 5.32 Å². The SMILES string of the molecule is CCCC/C=C\CCCCCCCC(=O)OCCCCCCCCCCCCCCCCCCC(=O)NC(CO)C(O)/C=C/CCCCCCCCCCCC. The number of esters is 1. The number of unbranched alkanes of at least 4 members (excludes halogenated alkanes) is 32. The lowest BCUT2D eigenvalue weighted by Crippen LogP contribution is -2.45. The Hall–Kier alpha value is -1.66. The molecule has 0 radical (unpaired) electrons. The fourth-order valence-corrected chi connectivity index (χ4v) is 7.38. The number of aliphatic hydroxyl groups excluding tert-OH is 2. The zero-order chi connectivity index (χ0) is 40.8. The first-order chi connectivity index (χ1) is 27.5. The highest BCUT2D eigenvalue weighted by Crippen LogP contribution is 2.16. The Kier molecular flexibility index (Phi) is 44.7. The van der Waals surface area contributed by atoms with Gasteiger partial charge in [-0.15, -0.1) is 0 Å². The fraction of sp³-hybridized carbons (Fsp3) is 0.880. The molecule has 0 rings (SSSR count). The summed E-state index contributed by atoms with van der Waals surface area (Å²) in [5, 5.41) is 23.0. The molecule has 1 amide bonds. The number of aliphatic hydroxyl groups is 2. The van der Waals surface area contributed by atoms with Gasteiger partial charge in [0.1, 0.15) is 0 Å². The Bertz CT molecular complexity index is 874. The minimum atomic E-state index is -0.847. The Labute approximate surface area is 348 Å². The van der Waals surface area contributed by atoms with Gasteiger partial charge in [-0.3, -0.25) is 9.59 Å². The quantitative estimate of drug-likeness (QED) is 0.0324. The van der Waals surface area contributed by atoms with Crippen molar-refractivity contribution in [2.24, 2.45) is 0 Å². The van der Waals surface area contributed by atoms with Crippen molar-refractivity contribution >= 4 is 11.9 Å². The molecule has 56 heavy (non-hydrogen) atoms. The van der Waals surface area contributed by atoms with Gasteiger partial charge < -0.3 is 20.3 Å². The molecule has 3 N–H and O–H groups in total. The molecule has 0 fully saturated rings. The van der Waals surface area contributed by atoms with Crippen molar-refractivity contribution in [3.8, 4) is 0 Å². The second-order valence-electron chi connectivity index (χ2n) is 16.8. The average molecular weight is 790 g/mol. The summed E-state index contributed by atoms with van der Waals surface area (Å²) in [6.45, 7) is 4.83. The van der Waals surface area contributed by atoms with E-state index in [1.165, 1.54) is 186 Å². The first-order valence-corrected chi connectivity index (χ1v) is 24.6. The number of carbonyl (C=O) groups is 2. The summed E-state index contributed by atoms with van der Waals surface area (Å²) in [7, 11) is 0. The van der Waals surface area contributed by atoms with Crippen LogP contribution in [0.4, 0.5) is 0 Å². The van der Waals surface area contributed by atoms with Gasteiger partial charge in [0.25, 0.3) is 0 Å². The van der Waals surface area contributed by atoms with Crippen molar-refractivity contribution < 1.29 is 24.5 Å². The maximum Gasteiger partial charge on any atom is 0.305 e. The third-order valence-electron chi connectivity index (χ3n) is 11.2. The fourth-order valence-electron chi connectivity index (χ4n) is 7.38. The van der Waals surface area contributed by atoms with Gasteiger partial charge in [0.2, 0.25) is 5.91 Å². The summed E-state index contributed by atoms with van der Waals surface area (Å²) in [6, 6.07) is -0.631. The molecule has 330 valence electrons. The summed E-state index contributed by atoms with van der Waals surface area (Å²) in [5.41, 5.74) is 0. The van der Waals surface area contributed by atoms with E-state index in [9.17, 15) is 19.8 Å². The monoisotopic (exact) mass is 790 g/mol. The summed E-state index contributed by atoms with van der Waals surface area (Å²) in [5.74, 6) is -0.0858. The number of carbonyl (C=O) groups excluding carboxylic acids is 2. The van der Waals surface area contributed by atoms with Crippen LogP contribution in [0.1, 0.15) is 258 Å². The first kappa shape index (κ1) is 54.3. The second kappa shape index (κ2) is 46.0. The number of allylic oxidation sites excluding steroid dienone is 3. The molecular weight excluding hydrogens is 695 g/mol. The molecule has 0 heterocycles. The van der Waals surface area contributed by atoms with E-state index in [4.69, 9.17) is 4.74 Å². The Morgan fingerprint density at radius 1 is 0.482 bits per heavy atom. The van der Waals surface area contributed by atoms with Gasteiger partial charge in [-0.1, -0.05) is 218 Å². The van der Waals surface area contributed by atoms with Crippen LogP contribution in [0.5, 0.6) is 0 Å². The van der Waals surface area contributed by atoms with Crippen LogP contribution in [0.25, 0.3) is 0 Å². The van der Waals surface area contributed by atoms with Crippen molar-refractivity contribution in [2.45, 2.75) is 270 Å². The predicted octanol–water partition coefficient (Wildman–Crippen LogP) is 14.3. The van der Waals surface area contributed by atoms with Crippen LogP contribution in [0.2, 0.25) is 0 Å². The van der Waals surface area contributed by atoms with Crippen molar-refractivity contribution in [2.75, 3.05) is 13.2 Å². The van der Waals surface area contributed by atoms with Gasteiger partial charge in [0.15, 0.2) is 0 Å². The molecule has 6 nitrogen and oxygen atoms in total. The lowest BCUT2D eigenvalue weighted by Gasteiger charge is -2.20. The highest BCUT2D eigenvalue weighted by molar-refractivity contribution is 5.76. The van der Waals surface area contributed by atoms with Crippen molar-refractivity contribution in [3.05, 3.63) is 24.3 Å². The van der Waals surface area contributed by atoms with Gasteiger partial charge in [-0.2, -0.15) is 0 Å². The van der Waals surface area contributed by atoms with Crippen LogP contribution in [0.15, 0.2) is 24.3 Å². The topological polar surface area (TPSA) is 95.9 Å². The summed E-state index contributed by atoms with van der Waals surface area (Å²) >= 11 is 0. The van der Waals surface area contributed by atoms with E-state index in [2.05, 4.69) is 31.3 Å². The Balaban J connectivity index is 3.46. The molecule has 6 heteroatoms. The molecule has 0 aliphatic carbocycles. The van der Waals surface area contributed by atoms with Crippen molar-refractivity contribution in [1.29, 1.82) is 0 Å². The van der Waals surface area contributed by atoms with E-state index in [1.807, 2.05) is 6.08 Å². The van der Waals surface area contributed by atoms with Crippen molar-refractivity contribution in [3.63, 3.8) is 0 Å². The molecule has 0 aliphatic rings. The minimum absolute atomic E-state index is 0.00955. The van der Waals surface area contributed by atoms with Crippen LogP contribution >= 0.6 is 0 Å². The van der Waals surface area contributed by atoms with Gasteiger partial charge in [0, 0.05) is 12.8 Å². The number of ether oxygens (including phenoxy) is 1. The lowest BCUT2D eigenvalue weighted by molar-refractivity contribution is -0.143. The third-order valence-corrected chi connectivity index (χ3v) is 11.2. The van der Waals surface area contributed by atoms with Gasteiger partial charge >= 0.3 is 5.97 Å². The maximum atomic E-state index is 12.4. The molecule has 0 aromatic carbocycles. The van der Waals surface area contributed by atoms with Gasteiger partial charge in [0.05, 0.1) is 25.4 Å². The Morgan fingerprint density at radius 2 is 0.857 bits per heavy atom. The molecule has 0 aromatic rings. The molecule has 0 spiro atoms. The minimum Gasteiger partial charge on any atom is -0.466 e. The van der Waals surface area contributed by atoms with Crippen LogP contribution < -0.4 is 5.32 Å². The molecule has 0 aliphatic heterocycles. The van der Waals surface area contributed by atoms with E-state index in [-0.39, 0.29) is 18.5 Å². The first-order valence-electron chi connectivity index (χ1n) is 24.6. The van der Waals surface area contributed by atoms with Crippen LogP contribution in [-0.4, -0.2) is 47.4 Å². The lowest BCUT2D eigenvalue weighted by atomic mass is 10.0. The number of nitrogens with one attached hydrogen (secondary N) is 1. The normalized spacial score (nSPS) is 12.9. The maximum absolute atomic E-state index is 12.4. The van der Waals surface area contributed by atoms with E-state index in [1.54, 1.807) is 6.08 Å². The highest BCUT2D eigenvalue weighted by Gasteiger charge is 2.18. The van der Waals surface area contributed by atoms with E-state index < -0.39 is 12.1 Å². The van der Waals surface area contributed by atoms with Crippen LogP contribution in [-0.2, 0) is 14.3 Å². The highest BCUT2D eigenvalue weighted by atomic mass is 16.5. The Morgan fingerprint density at radius 3 is 1.32 bits per heavy atom. The molecule has 2 atom stereocenters.